The Bertz CT molecular complexity index is 277. The molecule has 3 heteroatoms. The van der Waals surface area contributed by atoms with Gasteiger partial charge in [0.05, 0.1) is 5.69 Å². The van der Waals surface area contributed by atoms with Crippen molar-refractivity contribution in [1.29, 1.82) is 0 Å². The molecule has 0 saturated heterocycles. The molecule has 0 aliphatic heterocycles. The van der Waals surface area contributed by atoms with Crippen LogP contribution in [0, 0.1) is 6.92 Å². The summed E-state index contributed by atoms with van der Waals surface area (Å²) in [6, 6.07) is 3.86. The Morgan fingerprint density at radius 2 is 2.23 bits per heavy atom. The van der Waals surface area contributed by atoms with Crippen LogP contribution < -0.4 is 5.32 Å². The standard InChI is InChI=1S/C10H15N3/c1-4-8(2)7-11-10-6-5-9(3)12-13-10/h5-6H,2,4,7H2,1,3H3,(H,11,13). The topological polar surface area (TPSA) is 37.8 Å². The van der Waals surface area contributed by atoms with Gasteiger partial charge in [-0.05, 0) is 25.5 Å². The van der Waals surface area contributed by atoms with Crippen LogP contribution in [0.15, 0.2) is 24.3 Å². The zero-order valence-corrected chi connectivity index (χ0v) is 8.17. The Morgan fingerprint density at radius 3 is 2.77 bits per heavy atom. The second kappa shape index (κ2) is 4.60. The van der Waals surface area contributed by atoms with Crippen LogP contribution in [0.25, 0.3) is 0 Å². The monoisotopic (exact) mass is 177 g/mol. The molecule has 0 bridgehead atoms. The molecule has 0 saturated carbocycles. The highest BCUT2D eigenvalue weighted by Crippen LogP contribution is 2.03. The first-order valence-electron chi connectivity index (χ1n) is 4.43. The predicted molar refractivity (Wildman–Crippen MR) is 54.7 cm³/mol. The summed E-state index contributed by atoms with van der Waals surface area (Å²) in [7, 11) is 0. The molecule has 1 N–H and O–H groups in total. The van der Waals surface area contributed by atoms with Crippen LogP contribution in [0.1, 0.15) is 19.0 Å². The molecule has 1 rings (SSSR count). The summed E-state index contributed by atoms with van der Waals surface area (Å²) in [6.07, 6.45) is 0.992. The maximum Gasteiger partial charge on any atom is 0.148 e. The third kappa shape index (κ3) is 3.23. The molecule has 70 valence electrons. The minimum absolute atomic E-state index is 0.772. The fraction of sp³-hybridized carbons (Fsp3) is 0.400. The van der Waals surface area contributed by atoms with Crippen molar-refractivity contribution in [2.24, 2.45) is 0 Å². The van der Waals surface area contributed by atoms with E-state index in [9.17, 15) is 0 Å². The fourth-order valence-electron chi connectivity index (χ4n) is 0.834. The molecule has 0 atom stereocenters. The van der Waals surface area contributed by atoms with E-state index >= 15 is 0 Å². The number of aromatic nitrogens is 2. The molecule has 1 aromatic heterocycles. The summed E-state index contributed by atoms with van der Waals surface area (Å²) in [5.74, 6) is 0.806. The van der Waals surface area contributed by atoms with Crippen LogP contribution in [0.4, 0.5) is 5.82 Å². The lowest BCUT2D eigenvalue weighted by atomic mass is 10.2. The van der Waals surface area contributed by atoms with E-state index in [4.69, 9.17) is 0 Å². The maximum atomic E-state index is 3.98. The Kier molecular flexibility index (Phi) is 3.43. The number of nitrogens with one attached hydrogen (secondary N) is 1. The molecule has 0 aliphatic carbocycles. The molecule has 3 nitrogen and oxygen atoms in total. The Morgan fingerprint density at radius 1 is 1.46 bits per heavy atom. The largest absolute Gasteiger partial charge is 0.365 e. The van der Waals surface area contributed by atoms with Gasteiger partial charge in [0.1, 0.15) is 5.82 Å². The van der Waals surface area contributed by atoms with Gasteiger partial charge in [-0.15, -0.1) is 5.10 Å². The van der Waals surface area contributed by atoms with Crippen molar-refractivity contribution >= 4 is 5.82 Å². The van der Waals surface area contributed by atoms with E-state index < -0.39 is 0 Å². The number of anilines is 1. The van der Waals surface area contributed by atoms with Crippen molar-refractivity contribution in [3.8, 4) is 0 Å². The lowest BCUT2D eigenvalue weighted by molar-refractivity contribution is 0.962. The molecule has 0 spiro atoms. The van der Waals surface area contributed by atoms with E-state index in [0.29, 0.717) is 0 Å². The second-order valence-corrected chi connectivity index (χ2v) is 3.02. The normalized spacial score (nSPS) is 9.69. The first kappa shape index (κ1) is 9.71. The number of hydrogen-bond acceptors (Lipinski definition) is 3. The van der Waals surface area contributed by atoms with E-state index in [2.05, 4.69) is 29.0 Å². The summed E-state index contributed by atoms with van der Waals surface area (Å²) >= 11 is 0. The quantitative estimate of drug-likeness (QED) is 0.716. The molecule has 0 aromatic carbocycles. The van der Waals surface area contributed by atoms with E-state index in [-0.39, 0.29) is 0 Å². The van der Waals surface area contributed by atoms with Crippen molar-refractivity contribution in [1.82, 2.24) is 10.2 Å². The van der Waals surface area contributed by atoms with Gasteiger partial charge in [-0.3, -0.25) is 0 Å². The van der Waals surface area contributed by atoms with Crippen LogP contribution in [0.5, 0.6) is 0 Å². The Labute approximate surface area is 78.9 Å². The lowest BCUT2D eigenvalue weighted by Gasteiger charge is -2.05. The maximum absolute atomic E-state index is 3.98. The van der Waals surface area contributed by atoms with Gasteiger partial charge in [0.2, 0.25) is 0 Å². The van der Waals surface area contributed by atoms with Crippen LogP contribution in [-0.4, -0.2) is 16.7 Å². The van der Waals surface area contributed by atoms with Crippen LogP contribution in [0.2, 0.25) is 0 Å². The smallest absolute Gasteiger partial charge is 0.148 e. The van der Waals surface area contributed by atoms with E-state index in [0.717, 1.165) is 24.5 Å². The van der Waals surface area contributed by atoms with Gasteiger partial charge in [-0.2, -0.15) is 5.10 Å². The molecule has 0 unspecified atom stereocenters. The summed E-state index contributed by atoms with van der Waals surface area (Å²) in [5, 5.41) is 11.1. The molecular weight excluding hydrogens is 162 g/mol. The summed E-state index contributed by atoms with van der Waals surface area (Å²) in [4.78, 5) is 0. The van der Waals surface area contributed by atoms with Crippen molar-refractivity contribution in [2.75, 3.05) is 11.9 Å². The minimum atomic E-state index is 0.772. The van der Waals surface area contributed by atoms with Gasteiger partial charge >= 0.3 is 0 Å². The molecule has 1 aromatic rings. The minimum Gasteiger partial charge on any atom is -0.365 e. The van der Waals surface area contributed by atoms with Crippen LogP contribution in [0.3, 0.4) is 0 Å². The molecule has 0 amide bonds. The number of nitrogens with zero attached hydrogens (tertiary/aromatic N) is 2. The highest BCUT2D eigenvalue weighted by Gasteiger charge is 1.94. The third-order valence-electron chi connectivity index (χ3n) is 1.82. The average Bonchev–Trinajstić information content (AvgIpc) is 2.16. The first-order valence-corrected chi connectivity index (χ1v) is 4.43. The highest BCUT2D eigenvalue weighted by molar-refractivity contribution is 5.34. The SMILES string of the molecule is C=C(CC)CNc1ccc(C)nn1. The zero-order valence-electron chi connectivity index (χ0n) is 8.17. The summed E-state index contributed by atoms with van der Waals surface area (Å²) in [6.45, 7) is 8.67. The fourth-order valence-corrected chi connectivity index (χ4v) is 0.834. The molecule has 13 heavy (non-hydrogen) atoms. The van der Waals surface area contributed by atoms with Gasteiger partial charge < -0.3 is 5.32 Å². The average molecular weight is 177 g/mol. The molecular formula is C10H15N3. The second-order valence-electron chi connectivity index (χ2n) is 3.02. The van der Waals surface area contributed by atoms with E-state index in [1.165, 1.54) is 5.57 Å². The van der Waals surface area contributed by atoms with E-state index in [1.54, 1.807) is 0 Å². The van der Waals surface area contributed by atoms with Crippen LogP contribution >= 0.6 is 0 Å². The van der Waals surface area contributed by atoms with Crippen molar-refractivity contribution in [3.63, 3.8) is 0 Å². The number of hydrogen-bond donors (Lipinski definition) is 1. The Hall–Kier alpha value is -1.38. The Balaban J connectivity index is 2.46. The van der Waals surface area contributed by atoms with Crippen molar-refractivity contribution in [2.45, 2.75) is 20.3 Å². The molecule has 1 heterocycles. The zero-order chi connectivity index (χ0) is 9.68. The lowest BCUT2D eigenvalue weighted by Crippen LogP contribution is -2.05. The van der Waals surface area contributed by atoms with Gasteiger partial charge in [-0.1, -0.05) is 19.1 Å². The number of rotatable bonds is 4. The third-order valence-corrected chi connectivity index (χ3v) is 1.82. The number of aryl methyl sites for hydroxylation is 1. The van der Waals surface area contributed by atoms with Crippen molar-refractivity contribution < 1.29 is 0 Å². The van der Waals surface area contributed by atoms with Gasteiger partial charge in [0.15, 0.2) is 0 Å². The van der Waals surface area contributed by atoms with E-state index in [1.807, 2.05) is 19.1 Å². The summed E-state index contributed by atoms with van der Waals surface area (Å²) in [5.41, 5.74) is 2.10. The molecule has 0 fully saturated rings. The molecule has 0 aliphatic rings. The summed E-state index contributed by atoms with van der Waals surface area (Å²) < 4.78 is 0. The molecule has 0 radical (unpaired) electrons. The van der Waals surface area contributed by atoms with Gasteiger partial charge in [0.25, 0.3) is 0 Å². The van der Waals surface area contributed by atoms with Crippen LogP contribution in [-0.2, 0) is 0 Å². The van der Waals surface area contributed by atoms with Crippen molar-refractivity contribution in [3.05, 3.63) is 30.0 Å². The predicted octanol–water partition coefficient (Wildman–Crippen LogP) is 2.16. The first-order chi connectivity index (χ1) is 6.22. The van der Waals surface area contributed by atoms with Gasteiger partial charge in [-0.25, -0.2) is 0 Å². The highest BCUT2D eigenvalue weighted by atomic mass is 15.2. The van der Waals surface area contributed by atoms with Gasteiger partial charge in [0, 0.05) is 6.54 Å².